The molecule has 0 bridgehead atoms. The van der Waals surface area contributed by atoms with Crippen LogP contribution in [0.5, 0.6) is 5.75 Å². The Kier molecular flexibility index (Phi) is 10.7. The molecule has 0 fully saturated rings. The first-order valence-corrected chi connectivity index (χ1v) is 11.4. The lowest BCUT2D eigenvalue weighted by atomic mass is 10.1. The minimum Gasteiger partial charge on any atom is -0.492 e. The van der Waals surface area contributed by atoms with E-state index in [1.165, 1.54) is 11.1 Å². The minimum absolute atomic E-state index is 0.477. The molecule has 0 aliphatic carbocycles. The summed E-state index contributed by atoms with van der Waals surface area (Å²) in [6.07, 6.45) is 2.13. The molecule has 1 unspecified atom stereocenters. The highest BCUT2D eigenvalue weighted by atomic mass is 32.2. The van der Waals surface area contributed by atoms with Gasteiger partial charge in [-0.1, -0.05) is 42.5 Å². The van der Waals surface area contributed by atoms with E-state index in [2.05, 4.69) is 42.5 Å². The van der Waals surface area contributed by atoms with Crippen LogP contribution < -0.4 is 16.2 Å². The summed E-state index contributed by atoms with van der Waals surface area (Å²) < 4.78 is 6.13. The lowest BCUT2D eigenvalue weighted by Crippen LogP contribution is -2.19. The van der Waals surface area contributed by atoms with Crippen molar-refractivity contribution in [2.24, 2.45) is 11.5 Å². The molecule has 4 N–H and O–H groups in total. The van der Waals surface area contributed by atoms with Gasteiger partial charge in [-0.3, -0.25) is 0 Å². The maximum absolute atomic E-state index is 6.13. The lowest BCUT2D eigenvalue weighted by molar-refractivity contribution is 0.323. The van der Waals surface area contributed by atoms with Gasteiger partial charge < -0.3 is 16.2 Å². The summed E-state index contributed by atoms with van der Waals surface area (Å²) in [6, 6.07) is 18.8. The molecule has 0 spiro atoms. The van der Waals surface area contributed by atoms with E-state index in [0.29, 0.717) is 5.25 Å². The molecule has 1 atom stereocenters. The van der Waals surface area contributed by atoms with Gasteiger partial charge in [0.05, 0.1) is 0 Å². The Morgan fingerprint density at radius 1 is 0.846 bits per heavy atom. The Labute approximate surface area is 166 Å². The summed E-state index contributed by atoms with van der Waals surface area (Å²) in [4.78, 5) is 0. The normalized spacial score (nSPS) is 12.1. The van der Waals surface area contributed by atoms with E-state index >= 15 is 0 Å². The van der Waals surface area contributed by atoms with E-state index in [1.807, 2.05) is 35.7 Å². The quantitative estimate of drug-likeness (QED) is 0.500. The lowest BCUT2D eigenvalue weighted by Gasteiger charge is -2.17. The zero-order valence-electron chi connectivity index (χ0n) is 15.3. The molecule has 2 aromatic carbocycles. The molecule has 0 aliphatic rings. The second kappa shape index (κ2) is 13.1. The van der Waals surface area contributed by atoms with Crippen LogP contribution in [0.2, 0.25) is 0 Å². The van der Waals surface area contributed by atoms with Crippen molar-refractivity contribution in [2.75, 3.05) is 37.0 Å². The van der Waals surface area contributed by atoms with Gasteiger partial charge in [0.25, 0.3) is 0 Å². The largest absolute Gasteiger partial charge is 0.492 e. The Bertz CT molecular complexity index is 610. The van der Waals surface area contributed by atoms with Crippen LogP contribution in [-0.2, 0) is 0 Å². The monoisotopic (exact) mass is 390 g/mol. The van der Waals surface area contributed by atoms with Crippen LogP contribution in [-0.4, -0.2) is 42.2 Å². The van der Waals surface area contributed by atoms with Gasteiger partial charge in [-0.2, -0.15) is 23.5 Å². The summed E-state index contributed by atoms with van der Waals surface area (Å²) >= 11 is 3.93. The van der Waals surface area contributed by atoms with Crippen molar-refractivity contribution in [1.82, 2.24) is 0 Å². The molecule has 2 rings (SSSR count). The van der Waals surface area contributed by atoms with Crippen LogP contribution in [0.1, 0.15) is 12.8 Å². The molecule has 26 heavy (non-hydrogen) atoms. The van der Waals surface area contributed by atoms with E-state index in [4.69, 9.17) is 16.2 Å². The molecule has 142 valence electrons. The van der Waals surface area contributed by atoms with Gasteiger partial charge >= 0.3 is 0 Å². The van der Waals surface area contributed by atoms with E-state index < -0.39 is 0 Å². The summed E-state index contributed by atoms with van der Waals surface area (Å²) in [5.41, 5.74) is 13.6. The molecule has 0 saturated heterocycles. The average Bonchev–Trinajstić information content (AvgIpc) is 2.70. The smallest absolute Gasteiger partial charge is 0.119 e. The maximum atomic E-state index is 6.13. The zero-order chi connectivity index (χ0) is 18.5. The molecule has 0 saturated carbocycles. The minimum atomic E-state index is 0.477. The fourth-order valence-electron chi connectivity index (χ4n) is 2.46. The highest BCUT2D eigenvalue weighted by Gasteiger charge is 2.11. The number of hydrogen-bond acceptors (Lipinski definition) is 5. The Morgan fingerprint density at radius 2 is 1.58 bits per heavy atom. The third kappa shape index (κ3) is 8.04. The van der Waals surface area contributed by atoms with E-state index in [1.54, 1.807) is 0 Å². The van der Waals surface area contributed by atoms with E-state index in [0.717, 1.165) is 55.5 Å². The molecule has 0 heterocycles. The first-order chi connectivity index (χ1) is 12.8. The summed E-state index contributed by atoms with van der Waals surface area (Å²) in [7, 11) is 0. The van der Waals surface area contributed by atoms with Crippen LogP contribution in [0.3, 0.4) is 0 Å². The van der Waals surface area contributed by atoms with Gasteiger partial charge in [0.2, 0.25) is 0 Å². The Morgan fingerprint density at radius 3 is 2.35 bits per heavy atom. The van der Waals surface area contributed by atoms with Crippen LogP contribution in [0, 0.1) is 0 Å². The second-order valence-electron chi connectivity index (χ2n) is 6.06. The fourth-order valence-corrected chi connectivity index (χ4v) is 4.86. The number of hydrogen-bond donors (Lipinski definition) is 2. The van der Waals surface area contributed by atoms with E-state index in [-0.39, 0.29) is 0 Å². The van der Waals surface area contributed by atoms with Crippen LogP contribution in [0.4, 0.5) is 0 Å². The van der Waals surface area contributed by atoms with Crippen molar-refractivity contribution >= 4 is 23.5 Å². The summed E-state index contributed by atoms with van der Waals surface area (Å²) in [5, 5.41) is 0.477. The summed E-state index contributed by atoms with van der Waals surface area (Å²) in [5.74, 6) is 4.23. The van der Waals surface area contributed by atoms with Crippen molar-refractivity contribution in [3.05, 3.63) is 54.6 Å². The van der Waals surface area contributed by atoms with Gasteiger partial charge in [0.1, 0.15) is 12.4 Å². The SMILES string of the molecule is NCCCSCC(COc1cccc(-c2ccccc2)c1)SCCCN. The van der Waals surface area contributed by atoms with Crippen LogP contribution >= 0.6 is 23.5 Å². The molecule has 0 aromatic heterocycles. The van der Waals surface area contributed by atoms with Gasteiger partial charge in [0, 0.05) is 11.0 Å². The number of thioether (sulfide) groups is 2. The molecule has 0 radical (unpaired) electrons. The highest BCUT2D eigenvalue weighted by Crippen LogP contribution is 2.25. The number of nitrogens with two attached hydrogens (primary N) is 2. The third-order valence-electron chi connectivity index (χ3n) is 3.88. The predicted octanol–water partition coefficient (Wildman–Crippen LogP) is 4.27. The standard InChI is InChI=1S/C21H30N2OS2/c22-11-5-13-25-17-21(26-14-6-12-23)16-24-20-10-4-9-19(15-20)18-7-2-1-3-8-18/h1-4,7-10,15,21H,5-6,11-14,16-17,22-23H2. The zero-order valence-corrected chi connectivity index (χ0v) is 16.9. The maximum Gasteiger partial charge on any atom is 0.119 e. The first-order valence-electron chi connectivity index (χ1n) is 9.21. The van der Waals surface area contributed by atoms with Gasteiger partial charge in [-0.05, 0) is 60.7 Å². The fraction of sp³-hybridized carbons (Fsp3) is 0.429. The van der Waals surface area contributed by atoms with Crippen molar-refractivity contribution in [2.45, 2.75) is 18.1 Å². The predicted molar refractivity (Wildman–Crippen MR) is 118 cm³/mol. The molecular weight excluding hydrogens is 360 g/mol. The third-order valence-corrected chi connectivity index (χ3v) is 6.60. The second-order valence-corrected chi connectivity index (χ2v) is 8.62. The number of rotatable bonds is 13. The number of ether oxygens (including phenoxy) is 1. The molecule has 0 aliphatic heterocycles. The molecule has 3 nitrogen and oxygen atoms in total. The summed E-state index contributed by atoms with van der Waals surface area (Å²) in [6.45, 7) is 2.24. The highest BCUT2D eigenvalue weighted by molar-refractivity contribution is 8.03. The number of benzene rings is 2. The molecule has 5 heteroatoms. The molecule has 2 aromatic rings. The first kappa shape index (κ1) is 21.2. The van der Waals surface area contributed by atoms with Crippen molar-refractivity contribution in [3.63, 3.8) is 0 Å². The van der Waals surface area contributed by atoms with Crippen LogP contribution in [0.15, 0.2) is 54.6 Å². The van der Waals surface area contributed by atoms with Crippen molar-refractivity contribution in [3.8, 4) is 16.9 Å². The van der Waals surface area contributed by atoms with E-state index in [9.17, 15) is 0 Å². The van der Waals surface area contributed by atoms with Gasteiger partial charge in [-0.15, -0.1) is 0 Å². The Balaban J connectivity index is 1.89. The van der Waals surface area contributed by atoms with Crippen molar-refractivity contribution < 1.29 is 4.74 Å². The molecule has 0 amide bonds. The van der Waals surface area contributed by atoms with Gasteiger partial charge in [-0.25, -0.2) is 0 Å². The molecular formula is C21H30N2OS2. The van der Waals surface area contributed by atoms with Crippen molar-refractivity contribution in [1.29, 1.82) is 0 Å². The topological polar surface area (TPSA) is 61.3 Å². The van der Waals surface area contributed by atoms with Gasteiger partial charge in [0.15, 0.2) is 0 Å². The van der Waals surface area contributed by atoms with Crippen LogP contribution in [0.25, 0.3) is 11.1 Å². The Hall–Kier alpha value is -1.14. The average molecular weight is 391 g/mol.